The molecule has 1 amide bonds. The minimum atomic E-state index is 0.144. The van der Waals surface area contributed by atoms with E-state index in [2.05, 4.69) is 42.9 Å². The number of benzene rings is 1. The molecule has 3 heterocycles. The molecule has 4 rings (SSSR count). The Bertz CT molecular complexity index is 982. The third-order valence-electron chi connectivity index (χ3n) is 5.06. The number of rotatable bonds is 3. The van der Waals surface area contributed by atoms with E-state index in [1.807, 2.05) is 17.0 Å². The molecule has 26 heavy (non-hydrogen) atoms. The summed E-state index contributed by atoms with van der Waals surface area (Å²) in [6.07, 6.45) is 3.64. The van der Waals surface area contributed by atoms with Crippen LogP contribution in [0.1, 0.15) is 29.3 Å². The number of para-hydroxylation sites is 1. The predicted molar refractivity (Wildman–Crippen MR) is 109 cm³/mol. The summed E-state index contributed by atoms with van der Waals surface area (Å²) in [5, 5.41) is 2.00. The van der Waals surface area contributed by atoms with Gasteiger partial charge in [-0.3, -0.25) is 4.79 Å². The molecule has 0 fully saturated rings. The fourth-order valence-electron chi connectivity index (χ4n) is 3.53. The van der Waals surface area contributed by atoms with Crippen LogP contribution in [0.15, 0.2) is 35.6 Å². The van der Waals surface area contributed by atoms with E-state index in [0.29, 0.717) is 5.75 Å². The normalized spacial score (nSPS) is 16.7. The van der Waals surface area contributed by atoms with Crippen LogP contribution in [0, 0.1) is 13.8 Å². The van der Waals surface area contributed by atoms with Crippen LogP contribution in [0.5, 0.6) is 0 Å². The van der Waals surface area contributed by atoms with Crippen LogP contribution in [-0.2, 0) is 11.2 Å². The minimum Gasteiger partial charge on any atom is -0.309 e. The summed E-state index contributed by atoms with van der Waals surface area (Å²) in [4.78, 5) is 26.1. The van der Waals surface area contributed by atoms with E-state index in [0.717, 1.165) is 33.8 Å². The Morgan fingerprint density at radius 3 is 2.96 bits per heavy atom. The molecule has 0 N–H and O–H groups in total. The molecule has 0 spiro atoms. The number of amides is 1. The van der Waals surface area contributed by atoms with Gasteiger partial charge in [-0.25, -0.2) is 9.97 Å². The molecule has 4 nitrogen and oxygen atoms in total. The Hall–Kier alpha value is -1.92. The van der Waals surface area contributed by atoms with Gasteiger partial charge in [0, 0.05) is 22.0 Å². The molecule has 0 saturated carbocycles. The first-order valence-corrected chi connectivity index (χ1v) is 10.6. The van der Waals surface area contributed by atoms with E-state index < -0.39 is 0 Å². The molecular formula is C20H21N3OS2. The van der Waals surface area contributed by atoms with Gasteiger partial charge in [-0.2, -0.15) is 0 Å². The fraction of sp³-hybridized carbons (Fsp3) is 0.350. The van der Waals surface area contributed by atoms with Crippen molar-refractivity contribution >= 4 is 44.9 Å². The number of aryl methyl sites for hydroxylation is 3. The van der Waals surface area contributed by atoms with Crippen molar-refractivity contribution in [1.29, 1.82) is 0 Å². The Kier molecular flexibility index (Phi) is 4.71. The smallest absolute Gasteiger partial charge is 0.237 e. The lowest BCUT2D eigenvalue weighted by molar-refractivity contribution is -0.116. The summed E-state index contributed by atoms with van der Waals surface area (Å²) in [5.74, 6) is 0.532. The highest BCUT2D eigenvalue weighted by Gasteiger charge is 2.28. The second kappa shape index (κ2) is 7.00. The van der Waals surface area contributed by atoms with Gasteiger partial charge in [0.1, 0.15) is 16.2 Å². The molecular weight excluding hydrogens is 362 g/mol. The zero-order chi connectivity index (χ0) is 18.3. The van der Waals surface area contributed by atoms with Crippen LogP contribution < -0.4 is 4.90 Å². The van der Waals surface area contributed by atoms with E-state index in [9.17, 15) is 4.79 Å². The average Bonchev–Trinajstić information content (AvgIpc) is 2.94. The predicted octanol–water partition coefficient (Wildman–Crippen LogP) is 4.77. The number of thioether (sulfide) groups is 1. The number of nitrogens with zero attached hydrogens (tertiary/aromatic N) is 3. The quantitative estimate of drug-likeness (QED) is 0.483. The molecule has 0 saturated heterocycles. The van der Waals surface area contributed by atoms with Crippen LogP contribution in [0.2, 0.25) is 0 Å². The van der Waals surface area contributed by atoms with Gasteiger partial charge in [0.25, 0.3) is 0 Å². The van der Waals surface area contributed by atoms with Gasteiger partial charge in [0.2, 0.25) is 5.91 Å². The maximum atomic E-state index is 13.0. The molecule has 1 atom stereocenters. The van der Waals surface area contributed by atoms with Gasteiger partial charge >= 0.3 is 0 Å². The van der Waals surface area contributed by atoms with Crippen molar-refractivity contribution in [3.8, 4) is 0 Å². The van der Waals surface area contributed by atoms with Crippen LogP contribution >= 0.6 is 23.1 Å². The summed E-state index contributed by atoms with van der Waals surface area (Å²) < 4.78 is 0. The van der Waals surface area contributed by atoms with E-state index in [-0.39, 0.29) is 11.9 Å². The maximum Gasteiger partial charge on any atom is 0.237 e. The van der Waals surface area contributed by atoms with Gasteiger partial charge < -0.3 is 4.90 Å². The minimum absolute atomic E-state index is 0.144. The number of carbonyl (C=O) groups is 1. The van der Waals surface area contributed by atoms with Crippen LogP contribution in [-0.4, -0.2) is 27.7 Å². The highest BCUT2D eigenvalue weighted by molar-refractivity contribution is 8.00. The highest BCUT2D eigenvalue weighted by atomic mass is 32.2. The Labute approximate surface area is 161 Å². The zero-order valence-electron chi connectivity index (χ0n) is 15.2. The molecule has 0 aliphatic carbocycles. The first-order chi connectivity index (χ1) is 12.6. The molecule has 1 aliphatic heterocycles. The zero-order valence-corrected chi connectivity index (χ0v) is 16.8. The largest absolute Gasteiger partial charge is 0.309 e. The first-order valence-electron chi connectivity index (χ1n) is 8.79. The lowest BCUT2D eigenvalue weighted by atomic mass is 9.97. The molecule has 1 aromatic carbocycles. The van der Waals surface area contributed by atoms with E-state index in [1.165, 1.54) is 27.8 Å². The first kappa shape index (κ1) is 17.5. The van der Waals surface area contributed by atoms with E-state index in [1.54, 1.807) is 17.7 Å². The second-order valence-electron chi connectivity index (χ2n) is 6.71. The van der Waals surface area contributed by atoms with Gasteiger partial charge in [-0.05, 0) is 50.8 Å². The van der Waals surface area contributed by atoms with Crippen molar-refractivity contribution < 1.29 is 4.79 Å². The van der Waals surface area contributed by atoms with Crippen molar-refractivity contribution in [2.45, 2.75) is 44.7 Å². The lowest BCUT2D eigenvalue weighted by Gasteiger charge is -2.35. The number of carbonyl (C=O) groups excluding carboxylic acids is 1. The van der Waals surface area contributed by atoms with E-state index in [4.69, 9.17) is 0 Å². The number of aromatic nitrogens is 2. The SMILES string of the molecule is Cc1sc2ncnc(SCC(=O)N3c4ccccc4CCC3C)c2c1C. The summed E-state index contributed by atoms with van der Waals surface area (Å²) in [6.45, 7) is 6.34. The molecule has 6 heteroatoms. The molecule has 0 radical (unpaired) electrons. The molecule has 134 valence electrons. The second-order valence-corrected chi connectivity index (χ2v) is 8.88. The summed E-state index contributed by atoms with van der Waals surface area (Å²) in [7, 11) is 0. The highest BCUT2D eigenvalue weighted by Crippen LogP contribution is 2.35. The third kappa shape index (κ3) is 3.01. The number of fused-ring (bicyclic) bond motifs is 2. The molecule has 1 aliphatic rings. The number of hydrogen-bond donors (Lipinski definition) is 0. The van der Waals surface area contributed by atoms with Gasteiger partial charge in [-0.1, -0.05) is 30.0 Å². The molecule has 3 aromatic rings. The Morgan fingerprint density at radius 2 is 2.12 bits per heavy atom. The molecule has 2 aromatic heterocycles. The van der Waals surface area contributed by atoms with Crippen LogP contribution in [0.3, 0.4) is 0 Å². The average molecular weight is 384 g/mol. The number of hydrogen-bond acceptors (Lipinski definition) is 5. The lowest BCUT2D eigenvalue weighted by Crippen LogP contribution is -2.43. The monoisotopic (exact) mass is 383 g/mol. The number of thiophene rings is 1. The van der Waals surface area contributed by atoms with Gasteiger partial charge in [-0.15, -0.1) is 11.3 Å². The fourth-order valence-corrected chi connectivity index (χ4v) is 5.50. The van der Waals surface area contributed by atoms with Crippen molar-refractivity contribution in [1.82, 2.24) is 9.97 Å². The van der Waals surface area contributed by atoms with Crippen molar-refractivity contribution in [2.24, 2.45) is 0 Å². The summed E-state index contributed by atoms with van der Waals surface area (Å²) in [6, 6.07) is 8.47. The Morgan fingerprint density at radius 1 is 1.31 bits per heavy atom. The summed E-state index contributed by atoms with van der Waals surface area (Å²) >= 11 is 3.21. The standard InChI is InChI=1S/C20H21N3OS2/c1-12-8-9-15-6-4-5-7-16(15)23(12)17(24)10-25-19-18-13(2)14(3)26-20(18)22-11-21-19/h4-7,11-12H,8-10H2,1-3H3. The van der Waals surface area contributed by atoms with Crippen molar-refractivity contribution in [3.63, 3.8) is 0 Å². The van der Waals surface area contributed by atoms with Crippen LogP contribution in [0.4, 0.5) is 5.69 Å². The van der Waals surface area contributed by atoms with Crippen molar-refractivity contribution in [2.75, 3.05) is 10.7 Å². The maximum absolute atomic E-state index is 13.0. The van der Waals surface area contributed by atoms with Crippen LogP contribution in [0.25, 0.3) is 10.2 Å². The molecule has 1 unspecified atom stereocenters. The molecule has 0 bridgehead atoms. The van der Waals surface area contributed by atoms with Gasteiger partial charge in [0.05, 0.1) is 5.75 Å². The third-order valence-corrected chi connectivity index (χ3v) is 7.14. The van der Waals surface area contributed by atoms with Crippen molar-refractivity contribution in [3.05, 3.63) is 46.6 Å². The van der Waals surface area contributed by atoms with E-state index >= 15 is 0 Å². The topological polar surface area (TPSA) is 46.1 Å². The Balaban J connectivity index is 1.59. The summed E-state index contributed by atoms with van der Waals surface area (Å²) in [5.41, 5.74) is 3.54. The van der Waals surface area contributed by atoms with Gasteiger partial charge in [0.15, 0.2) is 0 Å². The number of anilines is 1.